The molecule has 6 nitrogen and oxygen atoms in total. The number of aromatic nitrogens is 2. The third-order valence-electron chi connectivity index (χ3n) is 4.37. The predicted molar refractivity (Wildman–Crippen MR) is 106 cm³/mol. The van der Waals surface area contributed by atoms with Crippen LogP contribution in [0.3, 0.4) is 0 Å². The van der Waals surface area contributed by atoms with E-state index in [0.29, 0.717) is 11.3 Å². The Bertz CT molecular complexity index is 1110. The van der Waals surface area contributed by atoms with Crippen molar-refractivity contribution in [2.75, 3.05) is 12.9 Å². The second-order valence-corrected chi connectivity index (χ2v) is 8.49. The van der Waals surface area contributed by atoms with Crippen molar-refractivity contribution in [1.29, 1.82) is 0 Å². The van der Waals surface area contributed by atoms with E-state index in [9.17, 15) is 17.2 Å². The first-order valence-corrected chi connectivity index (χ1v) is 10.5. The Balaban J connectivity index is 1.64. The number of hydrogen-bond donors (Lipinski definition) is 1. The molecule has 0 spiro atoms. The van der Waals surface area contributed by atoms with Crippen molar-refractivity contribution in [3.8, 4) is 11.4 Å². The highest BCUT2D eigenvalue weighted by molar-refractivity contribution is 7.89. The van der Waals surface area contributed by atoms with Crippen LogP contribution in [0, 0.1) is 18.6 Å². The molecule has 0 fully saturated rings. The van der Waals surface area contributed by atoms with Gasteiger partial charge in [-0.25, -0.2) is 26.9 Å². The lowest BCUT2D eigenvalue weighted by atomic mass is 10.1. The van der Waals surface area contributed by atoms with Gasteiger partial charge in [-0.1, -0.05) is 12.1 Å². The number of imidazole rings is 1. The summed E-state index contributed by atoms with van der Waals surface area (Å²) in [5, 5.41) is 0. The van der Waals surface area contributed by atoms with E-state index in [-0.39, 0.29) is 18.7 Å². The second kappa shape index (κ2) is 8.71. The molecule has 0 saturated carbocycles. The standard InChI is InChI=1S/C20H21F2N3O3S/c1-14-12-25(13-23-14)19-6-4-15(10-20(19)28-2)7-8-29(26,27)24-11-16-3-5-17(21)18(22)9-16/h3-6,9-10,12-13,24H,7-8,11H2,1-2H3. The van der Waals surface area contributed by atoms with Crippen molar-refractivity contribution in [2.24, 2.45) is 0 Å². The summed E-state index contributed by atoms with van der Waals surface area (Å²) in [5.41, 5.74) is 2.81. The van der Waals surface area contributed by atoms with E-state index in [2.05, 4.69) is 9.71 Å². The molecular formula is C20H21F2N3O3S. The number of methoxy groups -OCH3 is 1. The minimum absolute atomic E-state index is 0.109. The number of halogens is 2. The normalized spacial score (nSPS) is 11.6. The summed E-state index contributed by atoms with van der Waals surface area (Å²) in [6, 6.07) is 8.74. The molecule has 0 unspecified atom stereocenters. The summed E-state index contributed by atoms with van der Waals surface area (Å²) in [7, 11) is -2.05. The maximum absolute atomic E-state index is 13.2. The van der Waals surface area contributed by atoms with Crippen LogP contribution in [0.2, 0.25) is 0 Å². The monoisotopic (exact) mass is 421 g/mol. The van der Waals surface area contributed by atoms with Gasteiger partial charge < -0.3 is 9.30 Å². The smallest absolute Gasteiger partial charge is 0.212 e. The SMILES string of the molecule is COc1cc(CCS(=O)(=O)NCc2ccc(F)c(F)c2)ccc1-n1cnc(C)c1. The van der Waals surface area contributed by atoms with Crippen molar-refractivity contribution in [1.82, 2.24) is 14.3 Å². The average molecular weight is 421 g/mol. The van der Waals surface area contributed by atoms with Crippen LogP contribution in [0.1, 0.15) is 16.8 Å². The lowest BCUT2D eigenvalue weighted by Crippen LogP contribution is -2.27. The summed E-state index contributed by atoms with van der Waals surface area (Å²) in [6.45, 7) is 1.78. The van der Waals surface area contributed by atoms with Crippen molar-refractivity contribution in [3.05, 3.63) is 77.4 Å². The van der Waals surface area contributed by atoms with E-state index in [0.717, 1.165) is 29.1 Å². The zero-order valence-electron chi connectivity index (χ0n) is 16.0. The third-order valence-corrected chi connectivity index (χ3v) is 5.70. The molecule has 0 amide bonds. The molecule has 0 saturated heterocycles. The van der Waals surface area contributed by atoms with E-state index in [1.807, 2.05) is 29.8 Å². The van der Waals surface area contributed by atoms with Crippen molar-refractivity contribution < 1.29 is 21.9 Å². The van der Waals surface area contributed by atoms with Gasteiger partial charge in [0.2, 0.25) is 10.0 Å². The number of ether oxygens (including phenoxy) is 1. The largest absolute Gasteiger partial charge is 0.495 e. The van der Waals surface area contributed by atoms with Crippen LogP contribution in [-0.2, 0) is 23.0 Å². The van der Waals surface area contributed by atoms with Gasteiger partial charge >= 0.3 is 0 Å². The summed E-state index contributed by atoms with van der Waals surface area (Å²) in [4.78, 5) is 4.19. The Morgan fingerprint density at radius 1 is 1.10 bits per heavy atom. The van der Waals surface area contributed by atoms with Gasteiger partial charge in [-0.3, -0.25) is 0 Å². The molecule has 2 aromatic carbocycles. The zero-order valence-corrected chi connectivity index (χ0v) is 16.8. The second-order valence-electron chi connectivity index (χ2n) is 6.57. The maximum Gasteiger partial charge on any atom is 0.212 e. The third kappa shape index (κ3) is 5.39. The number of nitrogens with zero attached hydrogens (tertiary/aromatic N) is 2. The van der Waals surface area contributed by atoms with Crippen LogP contribution in [0.15, 0.2) is 48.9 Å². The lowest BCUT2D eigenvalue weighted by molar-refractivity contribution is 0.412. The molecule has 1 N–H and O–H groups in total. The molecule has 0 radical (unpaired) electrons. The molecular weight excluding hydrogens is 400 g/mol. The van der Waals surface area contributed by atoms with Gasteiger partial charge in [0.1, 0.15) is 5.75 Å². The minimum atomic E-state index is -3.60. The van der Waals surface area contributed by atoms with E-state index in [1.165, 1.54) is 6.07 Å². The highest BCUT2D eigenvalue weighted by Gasteiger charge is 2.13. The molecule has 3 aromatic rings. The molecule has 0 aliphatic carbocycles. The van der Waals surface area contributed by atoms with Gasteiger partial charge in [0.05, 0.1) is 30.6 Å². The van der Waals surface area contributed by atoms with Crippen LogP contribution in [0.5, 0.6) is 5.75 Å². The van der Waals surface area contributed by atoms with E-state index >= 15 is 0 Å². The fraction of sp³-hybridized carbons (Fsp3) is 0.250. The molecule has 29 heavy (non-hydrogen) atoms. The van der Waals surface area contributed by atoms with Crippen LogP contribution >= 0.6 is 0 Å². The van der Waals surface area contributed by atoms with Gasteiger partial charge in [-0.2, -0.15) is 0 Å². The van der Waals surface area contributed by atoms with Gasteiger partial charge in [-0.05, 0) is 48.7 Å². The number of rotatable bonds is 8. The zero-order chi connectivity index (χ0) is 21.0. The topological polar surface area (TPSA) is 73.2 Å². The summed E-state index contributed by atoms with van der Waals surface area (Å²) in [5.74, 6) is -1.53. The molecule has 1 aromatic heterocycles. The number of nitrogens with one attached hydrogen (secondary N) is 1. The Morgan fingerprint density at radius 3 is 2.52 bits per heavy atom. The summed E-state index contributed by atoms with van der Waals surface area (Å²) >= 11 is 0. The Labute approximate surface area is 168 Å². The minimum Gasteiger partial charge on any atom is -0.495 e. The van der Waals surface area contributed by atoms with E-state index in [1.54, 1.807) is 19.5 Å². The number of hydrogen-bond acceptors (Lipinski definition) is 4. The van der Waals surface area contributed by atoms with Crippen molar-refractivity contribution >= 4 is 10.0 Å². The molecule has 1 heterocycles. The van der Waals surface area contributed by atoms with E-state index in [4.69, 9.17) is 4.74 Å². The molecule has 0 atom stereocenters. The van der Waals surface area contributed by atoms with Crippen LogP contribution in [0.25, 0.3) is 5.69 Å². The van der Waals surface area contributed by atoms with Crippen molar-refractivity contribution in [3.63, 3.8) is 0 Å². The quantitative estimate of drug-likeness (QED) is 0.607. The molecule has 0 aliphatic heterocycles. The first-order valence-electron chi connectivity index (χ1n) is 8.86. The maximum atomic E-state index is 13.2. The fourth-order valence-electron chi connectivity index (χ4n) is 2.81. The van der Waals surface area contributed by atoms with Gasteiger partial charge in [-0.15, -0.1) is 0 Å². The van der Waals surface area contributed by atoms with Gasteiger partial charge in [0.15, 0.2) is 11.6 Å². The first-order chi connectivity index (χ1) is 13.8. The number of sulfonamides is 1. The van der Waals surface area contributed by atoms with Crippen LogP contribution in [-0.4, -0.2) is 30.8 Å². The number of aryl methyl sites for hydroxylation is 2. The fourth-order valence-corrected chi connectivity index (χ4v) is 3.85. The average Bonchev–Trinajstić information content (AvgIpc) is 3.13. The van der Waals surface area contributed by atoms with E-state index < -0.39 is 21.7 Å². The van der Waals surface area contributed by atoms with Gasteiger partial charge in [0, 0.05) is 12.7 Å². The summed E-state index contributed by atoms with van der Waals surface area (Å²) in [6.07, 6.45) is 3.82. The lowest BCUT2D eigenvalue weighted by Gasteiger charge is -2.12. The molecule has 154 valence electrons. The molecule has 0 bridgehead atoms. The summed E-state index contributed by atoms with van der Waals surface area (Å²) < 4.78 is 60.3. The van der Waals surface area contributed by atoms with Crippen LogP contribution < -0.4 is 9.46 Å². The number of benzene rings is 2. The Morgan fingerprint density at radius 2 is 1.86 bits per heavy atom. The first kappa shape index (κ1) is 20.9. The Kier molecular flexibility index (Phi) is 6.29. The molecule has 9 heteroatoms. The molecule has 0 aliphatic rings. The van der Waals surface area contributed by atoms with Crippen LogP contribution in [0.4, 0.5) is 8.78 Å². The predicted octanol–water partition coefficient (Wildman–Crippen LogP) is 3.13. The van der Waals surface area contributed by atoms with Gasteiger partial charge in [0.25, 0.3) is 0 Å². The Hall–Kier alpha value is -2.78. The molecule has 3 rings (SSSR count). The highest BCUT2D eigenvalue weighted by Crippen LogP contribution is 2.25. The highest BCUT2D eigenvalue weighted by atomic mass is 32.2. The van der Waals surface area contributed by atoms with Crippen molar-refractivity contribution in [2.45, 2.75) is 19.9 Å².